The molecule has 1 aromatic carbocycles. The van der Waals surface area contributed by atoms with Gasteiger partial charge in [0.05, 0.1) is 5.69 Å². The molecule has 7 nitrogen and oxygen atoms in total. The zero-order chi connectivity index (χ0) is 18.6. The number of anilines is 1. The molecule has 1 fully saturated rings. The first-order valence-electron chi connectivity index (χ1n) is 9.28. The SMILES string of the molecule is Cc1ccnn1-c1cccc(NC(=O)c2cc(CC3CCNCC3)on2)c1. The number of nitrogens with zero attached hydrogens (tertiary/aromatic N) is 3. The van der Waals surface area contributed by atoms with E-state index in [0.717, 1.165) is 49.5 Å². The van der Waals surface area contributed by atoms with Gasteiger partial charge in [0.2, 0.25) is 0 Å². The van der Waals surface area contributed by atoms with Gasteiger partial charge in [0.25, 0.3) is 5.91 Å². The normalized spacial score (nSPS) is 15.0. The standard InChI is InChI=1S/C20H23N5O2/c1-14-5-10-22-25(14)17-4-2-3-16(12-17)23-20(26)19-13-18(27-24-19)11-15-6-8-21-9-7-15/h2-5,10,12-13,15,21H,6-9,11H2,1H3,(H,23,26). The lowest BCUT2D eigenvalue weighted by molar-refractivity contribution is 0.101. The lowest BCUT2D eigenvalue weighted by atomic mass is 9.93. The molecule has 0 atom stereocenters. The molecule has 1 aliphatic rings. The molecule has 0 spiro atoms. The third-order valence-electron chi connectivity index (χ3n) is 4.92. The van der Waals surface area contributed by atoms with Crippen LogP contribution in [0.1, 0.15) is 34.8 Å². The van der Waals surface area contributed by atoms with Crippen molar-refractivity contribution in [2.24, 2.45) is 5.92 Å². The van der Waals surface area contributed by atoms with Gasteiger partial charge >= 0.3 is 0 Å². The van der Waals surface area contributed by atoms with Gasteiger partial charge in [-0.15, -0.1) is 0 Å². The van der Waals surface area contributed by atoms with E-state index in [9.17, 15) is 4.79 Å². The molecule has 0 saturated carbocycles. The quantitative estimate of drug-likeness (QED) is 0.726. The van der Waals surface area contributed by atoms with Crippen LogP contribution in [0.15, 0.2) is 47.1 Å². The van der Waals surface area contributed by atoms with Crippen molar-refractivity contribution in [1.82, 2.24) is 20.3 Å². The number of rotatable bonds is 5. The molecule has 0 radical (unpaired) electrons. The smallest absolute Gasteiger partial charge is 0.277 e. The van der Waals surface area contributed by atoms with Crippen LogP contribution in [0.3, 0.4) is 0 Å². The second-order valence-electron chi connectivity index (χ2n) is 6.96. The largest absolute Gasteiger partial charge is 0.361 e. The monoisotopic (exact) mass is 365 g/mol. The molecular formula is C20H23N5O2. The van der Waals surface area contributed by atoms with E-state index < -0.39 is 0 Å². The maximum absolute atomic E-state index is 12.5. The fourth-order valence-electron chi connectivity index (χ4n) is 3.44. The number of benzene rings is 1. The summed E-state index contributed by atoms with van der Waals surface area (Å²) in [5.74, 6) is 1.08. The Morgan fingerprint density at radius 2 is 2.15 bits per heavy atom. The van der Waals surface area contributed by atoms with Gasteiger partial charge in [-0.3, -0.25) is 4.79 Å². The molecule has 3 heterocycles. The summed E-state index contributed by atoms with van der Waals surface area (Å²) in [6, 6.07) is 11.2. The van der Waals surface area contributed by atoms with Gasteiger partial charge in [0.15, 0.2) is 5.69 Å². The second kappa shape index (κ2) is 7.75. The average Bonchev–Trinajstić information content (AvgIpc) is 3.32. The number of nitrogens with one attached hydrogen (secondary N) is 2. The summed E-state index contributed by atoms with van der Waals surface area (Å²) in [4.78, 5) is 12.5. The number of aryl methyl sites for hydroxylation is 1. The Kier molecular flexibility index (Phi) is 5.02. The van der Waals surface area contributed by atoms with Crippen molar-refractivity contribution < 1.29 is 9.32 Å². The van der Waals surface area contributed by atoms with Gasteiger partial charge < -0.3 is 15.2 Å². The molecule has 1 aliphatic heterocycles. The number of hydrogen-bond donors (Lipinski definition) is 2. The highest BCUT2D eigenvalue weighted by Crippen LogP contribution is 2.20. The summed E-state index contributed by atoms with van der Waals surface area (Å²) in [6.07, 6.45) is 4.83. The topological polar surface area (TPSA) is 85.0 Å². The van der Waals surface area contributed by atoms with Crippen molar-refractivity contribution in [2.45, 2.75) is 26.2 Å². The second-order valence-corrected chi connectivity index (χ2v) is 6.96. The third kappa shape index (κ3) is 4.09. The van der Waals surface area contributed by atoms with E-state index in [-0.39, 0.29) is 5.91 Å². The summed E-state index contributed by atoms with van der Waals surface area (Å²) >= 11 is 0. The molecule has 1 amide bonds. The minimum atomic E-state index is -0.273. The van der Waals surface area contributed by atoms with Crippen LogP contribution < -0.4 is 10.6 Å². The van der Waals surface area contributed by atoms with Crippen molar-refractivity contribution >= 4 is 11.6 Å². The molecule has 7 heteroatoms. The van der Waals surface area contributed by atoms with Crippen LogP contribution in [0.25, 0.3) is 5.69 Å². The highest BCUT2D eigenvalue weighted by Gasteiger charge is 2.18. The Hall–Kier alpha value is -2.93. The fourth-order valence-corrected chi connectivity index (χ4v) is 3.44. The van der Waals surface area contributed by atoms with Crippen molar-refractivity contribution in [2.75, 3.05) is 18.4 Å². The van der Waals surface area contributed by atoms with Gasteiger partial charge in [-0.1, -0.05) is 11.2 Å². The fraction of sp³-hybridized carbons (Fsp3) is 0.350. The van der Waals surface area contributed by atoms with Gasteiger partial charge in [0, 0.05) is 30.1 Å². The minimum absolute atomic E-state index is 0.273. The lowest BCUT2D eigenvalue weighted by Crippen LogP contribution is -2.28. The van der Waals surface area contributed by atoms with Crippen LogP contribution in [-0.2, 0) is 6.42 Å². The summed E-state index contributed by atoms with van der Waals surface area (Å²) in [5, 5.41) is 14.5. The van der Waals surface area contributed by atoms with Crippen LogP contribution in [-0.4, -0.2) is 33.9 Å². The Morgan fingerprint density at radius 3 is 2.93 bits per heavy atom. The minimum Gasteiger partial charge on any atom is -0.361 e. The first-order valence-corrected chi connectivity index (χ1v) is 9.28. The molecule has 140 valence electrons. The summed E-state index contributed by atoms with van der Waals surface area (Å²) in [7, 11) is 0. The number of amides is 1. The number of piperidine rings is 1. The van der Waals surface area contributed by atoms with Crippen LogP contribution in [0.5, 0.6) is 0 Å². The molecule has 27 heavy (non-hydrogen) atoms. The van der Waals surface area contributed by atoms with Gasteiger partial charge in [-0.25, -0.2) is 4.68 Å². The molecule has 1 saturated heterocycles. The zero-order valence-electron chi connectivity index (χ0n) is 15.3. The van der Waals surface area contributed by atoms with Gasteiger partial charge in [-0.2, -0.15) is 5.10 Å². The van der Waals surface area contributed by atoms with Crippen molar-refractivity contribution in [3.63, 3.8) is 0 Å². The van der Waals surface area contributed by atoms with E-state index in [1.54, 1.807) is 12.3 Å². The number of carbonyl (C=O) groups excluding carboxylic acids is 1. The van der Waals surface area contributed by atoms with Crippen LogP contribution in [0.4, 0.5) is 5.69 Å². The Morgan fingerprint density at radius 1 is 1.30 bits per heavy atom. The number of aromatic nitrogens is 3. The molecule has 4 rings (SSSR count). The Balaban J connectivity index is 1.43. The van der Waals surface area contributed by atoms with Crippen LogP contribution >= 0.6 is 0 Å². The third-order valence-corrected chi connectivity index (χ3v) is 4.92. The van der Waals surface area contributed by atoms with Crippen LogP contribution in [0.2, 0.25) is 0 Å². The first kappa shape index (κ1) is 17.5. The molecule has 3 aromatic rings. The van der Waals surface area contributed by atoms with E-state index in [0.29, 0.717) is 17.3 Å². The maximum atomic E-state index is 12.5. The maximum Gasteiger partial charge on any atom is 0.277 e. The predicted molar refractivity (Wildman–Crippen MR) is 102 cm³/mol. The van der Waals surface area contributed by atoms with Gasteiger partial charge in [0.1, 0.15) is 5.76 Å². The van der Waals surface area contributed by atoms with E-state index in [2.05, 4.69) is 20.9 Å². The number of hydrogen-bond acceptors (Lipinski definition) is 5. The first-order chi connectivity index (χ1) is 13.2. The van der Waals surface area contributed by atoms with Crippen LogP contribution in [0, 0.1) is 12.8 Å². The summed E-state index contributed by atoms with van der Waals surface area (Å²) in [6.45, 7) is 4.06. The Bertz CT molecular complexity index is 924. The highest BCUT2D eigenvalue weighted by molar-refractivity contribution is 6.02. The predicted octanol–water partition coefficient (Wildman–Crippen LogP) is 2.96. The molecule has 0 unspecified atom stereocenters. The van der Waals surface area contributed by atoms with E-state index in [1.807, 2.05) is 41.9 Å². The molecular weight excluding hydrogens is 342 g/mol. The summed E-state index contributed by atoms with van der Waals surface area (Å²) in [5.41, 5.74) is 2.91. The van der Waals surface area contributed by atoms with Gasteiger partial charge in [-0.05, 0) is 63.0 Å². The van der Waals surface area contributed by atoms with E-state index in [4.69, 9.17) is 4.52 Å². The van der Waals surface area contributed by atoms with Crippen molar-refractivity contribution in [1.29, 1.82) is 0 Å². The lowest BCUT2D eigenvalue weighted by Gasteiger charge is -2.21. The number of carbonyl (C=O) groups is 1. The Labute approximate surface area is 157 Å². The van der Waals surface area contributed by atoms with E-state index in [1.165, 1.54) is 0 Å². The molecule has 2 N–H and O–H groups in total. The molecule has 0 bridgehead atoms. The van der Waals surface area contributed by atoms with Crippen molar-refractivity contribution in [3.05, 3.63) is 59.7 Å². The highest BCUT2D eigenvalue weighted by atomic mass is 16.5. The summed E-state index contributed by atoms with van der Waals surface area (Å²) < 4.78 is 7.20. The van der Waals surface area contributed by atoms with E-state index >= 15 is 0 Å². The zero-order valence-corrected chi connectivity index (χ0v) is 15.3. The average molecular weight is 365 g/mol. The molecule has 0 aliphatic carbocycles. The molecule has 2 aromatic heterocycles. The van der Waals surface area contributed by atoms with Crippen molar-refractivity contribution in [3.8, 4) is 5.69 Å².